The third-order valence-electron chi connectivity index (χ3n) is 4.58. The summed E-state index contributed by atoms with van der Waals surface area (Å²) in [4.78, 5) is 16.5. The van der Waals surface area contributed by atoms with Crippen LogP contribution in [0.15, 0.2) is 42.5 Å². The Balaban J connectivity index is 1.37. The summed E-state index contributed by atoms with van der Waals surface area (Å²) in [5, 5.41) is 12.0. The van der Waals surface area contributed by atoms with E-state index in [1.807, 2.05) is 18.2 Å². The standard InChI is InChI=1S/C19H18N4O3/c20-12-14-3-1-2-4-16(14)21-19(24)23-9-7-22(8-10-23)15-5-6-17-18(11-15)26-13-25-17/h1-6,11H,7-10,13H2,(H,21,24). The van der Waals surface area contributed by atoms with Crippen LogP contribution in [0.1, 0.15) is 5.56 Å². The zero-order valence-corrected chi connectivity index (χ0v) is 14.1. The highest BCUT2D eigenvalue weighted by molar-refractivity contribution is 5.91. The summed E-state index contributed by atoms with van der Waals surface area (Å²) in [7, 11) is 0. The number of benzene rings is 2. The lowest BCUT2D eigenvalue weighted by atomic mass is 10.2. The second kappa shape index (κ2) is 6.84. The van der Waals surface area contributed by atoms with Gasteiger partial charge in [-0.25, -0.2) is 4.79 Å². The number of nitrogens with zero attached hydrogens (tertiary/aromatic N) is 3. The largest absolute Gasteiger partial charge is 0.454 e. The van der Waals surface area contributed by atoms with Crippen LogP contribution < -0.4 is 19.7 Å². The Bertz CT molecular complexity index is 869. The molecular formula is C19H18N4O3. The lowest BCUT2D eigenvalue weighted by molar-refractivity contribution is 0.174. The topological polar surface area (TPSA) is 77.8 Å². The molecule has 1 fully saturated rings. The van der Waals surface area contributed by atoms with Crippen LogP contribution in [0.4, 0.5) is 16.2 Å². The normalized spacial score (nSPS) is 15.5. The van der Waals surface area contributed by atoms with Crippen LogP contribution in [0.5, 0.6) is 11.5 Å². The lowest BCUT2D eigenvalue weighted by Crippen LogP contribution is -2.50. The first-order valence-electron chi connectivity index (χ1n) is 8.44. The van der Waals surface area contributed by atoms with Crippen molar-refractivity contribution in [2.75, 3.05) is 43.2 Å². The smallest absolute Gasteiger partial charge is 0.322 e. The lowest BCUT2D eigenvalue weighted by Gasteiger charge is -2.36. The van der Waals surface area contributed by atoms with Crippen LogP contribution in [0.3, 0.4) is 0 Å². The maximum absolute atomic E-state index is 12.5. The number of para-hydroxylation sites is 1. The molecule has 0 spiro atoms. The Kier molecular flexibility index (Phi) is 4.23. The molecule has 0 radical (unpaired) electrons. The van der Waals surface area contributed by atoms with Gasteiger partial charge in [0.1, 0.15) is 6.07 Å². The maximum atomic E-state index is 12.5. The molecule has 2 aliphatic rings. The highest BCUT2D eigenvalue weighted by Crippen LogP contribution is 2.35. The van der Waals surface area contributed by atoms with Gasteiger partial charge >= 0.3 is 6.03 Å². The number of nitrogens with one attached hydrogen (secondary N) is 1. The third kappa shape index (κ3) is 3.09. The van der Waals surface area contributed by atoms with Crippen molar-refractivity contribution >= 4 is 17.4 Å². The minimum atomic E-state index is -0.182. The fourth-order valence-electron chi connectivity index (χ4n) is 3.13. The first kappa shape index (κ1) is 16.1. The first-order chi connectivity index (χ1) is 12.7. The number of piperazine rings is 1. The van der Waals surface area contributed by atoms with Crippen LogP contribution >= 0.6 is 0 Å². The van der Waals surface area contributed by atoms with Gasteiger partial charge in [0.25, 0.3) is 0 Å². The van der Waals surface area contributed by atoms with Gasteiger partial charge in [-0.3, -0.25) is 0 Å². The molecule has 0 bridgehead atoms. The number of carbonyl (C=O) groups is 1. The van der Waals surface area contributed by atoms with Crippen LogP contribution in [0, 0.1) is 11.3 Å². The molecule has 0 saturated carbocycles. The number of hydrogen-bond acceptors (Lipinski definition) is 5. The van der Waals surface area contributed by atoms with Crippen LogP contribution in [-0.2, 0) is 0 Å². The van der Waals surface area contributed by atoms with Crippen molar-refractivity contribution in [1.29, 1.82) is 5.26 Å². The number of fused-ring (bicyclic) bond motifs is 1. The molecule has 26 heavy (non-hydrogen) atoms. The van der Waals surface area contributed by atoms with Crippen molar-refractivity contribution < 1.29 is 14.3 Å². The average Bonchev–Trinajstić information content (AvgIpc) is 3.16. The zero-order chi connectivity index (χ0) is 17.9. The van der Waals surface area contributed by atoms with E-state index < -0.39 is 0 Å². The first-order valence-corrected chi connectivity index (χ1v) is 8.44. The fourth-order valence-corrected chi connectivity index (χ4v) is 3.13. The van der Waals surface area contributed by atoms with Gasteiger partial charge in [0.15, 0.2) is 11.5 Å². The molecule has 0 aliphatic carbocycles. The van der Waals surface area contributed by atoms with Gasteiger partial charge in [0, 0.05) is 37.9 Å². The van der Waals surface area contributed by atoms with Crippen LogP contribution in [0.25, 0.3) is 0 Å². The van der Waals surface area contributed by atoms with Gasteiger partial charge in [-0.15, -0.1) is 0 Å². The molecule has 0 atom stereocenters. The third-order valence-corrected chi connectivity index (χ3v) is 4.58. The quantitative estimate of drug-likeness (QED) is 0.901. The van der Waals surface area contributed by atoms with E-state index in [0.29, 0.717) is 24.3 Å². The Hall–Kier alpha value is -3.40. The van der Waals surface area contributed by atoms with Crippen molar-refractivity contribution in [2.24, 2.45) is 0 Å². The van der Waals surface area contributed by atoms with Gasteiger partial charge < -0.3 is 24.6 Å². The number of ether oxygens (including phenoxy) is 2. The Morgan fingerprint density at radius 3 is 2.62 bits per heavy atom. The van der Waals surface area contributed by atoms with Crippen molar-refractivity contribution in [3.63, 3.8) is 0 Å². The predicted molar refractivity (Wildman–Crippen MR) is 96.5 cm³/mol. The minimum Gasteiger partial charge on any atom is -0.454 e. The molecular weight excluding hydrogens is 332 g/mol. The predicted octanol–water partition coefficient (Wildman–Crippen LogP) is 2.64. The molecule has 2 heterocycles. The molecule has 2 aromatic rings. The molecule has 132 valence electrons. The summed E-state index contributed by atoms with van der Waals surface area (Å²) in [5.74, 6) is 1.53. The second-order valence-electron chi connectivity index (χ2n) is 6.10. The van der Waals surface area contributed by atoms with Crippen LogP contribution in [-0.4, -0.2) is 43.9 Å². The molecule has 1 N–H and O–H groups in total. The van der Waals surface area contributed by atoms with E-state index in [1.165, 1.54) is 0 Å². The summed E-state index contributed by atoms with van der Waals surface area (Å²) in [6, 6.07) is 14.8. The number of urea groups is 1. The van der Waals surface area contributed by atoms with Gasteiger partial charge in [0.05, 0.1) is 11.3 Å². The monoisotopic (exact) mass is 350 g/mol. The number of hydrogen-bond donors (Lipinski definition) is 1. The summed E-state index contributed by atoms with van der Waals surface area (Å²) >= 11 is 0. The molecule has 7 heteroatoms. The highest BCUT2D eigenvalue weighted by atomic mass is 16.7. The van der Waals surface area contributed by atoms with E-state index in [0.717, 1.165) is 30.3 Å². The Morgan fingerprint density at radius 1 is 1.04 bits per heavy atom. The molecule has 0 unspecified atom stereocenters. The van der Waals surface area contributed by atoms with Crippen molar-refractivity contribution in [3.8, 4) is 17.6 Å². The number of amides is 2. The Labute approximate surface area is 151 Å². The molecule has 2 aromatic carbocycles. The van der Waals surface area contributed by atoms with Crippen molar-refractivity contribution in [2.45, 2.75) is 0 Å². The maximum Gasteiger partial charge on any atom is 0.322 e. The molecule has 0 aromatic heterocycles. The molecule has 1 saturated heterocycles. The van der Waals surface area contributed by atoms with E-state index in [1.54, 1.807) is 29.2 Å². The van der Waals surface area contributed by atoms with Gasteiger partial charge in [-0.2, -0.15) is 5.26 Å². The fraction of sp³-hybridized carbons (Fsp3) is 0.263. The molecule has 2 amide bonds. The second-order valence-corrected chi connectivity index (χ2v) is 6.10. The van der Waals surface area contributed by atoms with E-state index >= 15 is 0 Å². The number of anilines is 2. The van der Waals surface area contributed by atoms with Crippen LogP contribution in [0.2, 0.25) is 0 Å². The number of carbonyl (C=O) groups excluding carboxylic acids is 1. The van der Waals surface area contributed by atoms with Crippen molar-refractivity contribution in [1.82, 2.24) is 4.90 Å². The van der Waals surface area contributed by atoms with E-state index in [9.17, 15) is 4.79 Å². The summed E-state index contributed by atoms with van der Waals surface area (Å²) in [5.41, 5.74) is 2.06. The van der Waals surface area contributed by atoms with Gasteiger partial charge in [-0.05, 0) is 24.3 Å². The summed E-state index contributed by atoms with van der Waals surface area (Å²) < 4.78 is 10.8. The summed E-state index contributed by atoms with van der Waals surface area (Å²) in [6.07, 6.45) is 0. The Morgan fingerprint density at radius 2 is 1.81 bits per heavy atom. The minimum absolute atomic E-state index is 0.182. The SMILES string of the molecule is N#Cc1ccccc1NC(=O)N1CCN(c2ccc3c(c2)OCO3)CC1. The molecule has 2 aliphatic heterocycles. The highest BCUT2D eigenvalue weighted by Gasteiger charge is 2.23. The van der Waals surface area contributed by atoms with Crippen molar-refractivity contribution in [3.05, 3.63) is 48.0 Å². The van der Waals surface area contributed by atoms with E-state index in [4.69, 9.17) is 14.7 Å². The van der Waals surface area contributed by atoms with Gasteiger partial charge in [-0.1, -0.05) is 12.1 Å². The number of rotatable bonds is 2. The summed E-state index contributed by atoms with van der Waals surface area (Å²) in [6.45, 7) is 2.93. The molecule has 7 nitrogen and oxygen atoms in total. The zero-order valence-electron chi connectivity index (χ0n) is 14.1. The van der Waals surface area contributed by atoms with E-state index in [-0.39, 0.29) is 12.8 Å². The molecule has 4 rings (SSSR count). The van der Waals surface area contributed by atoms with Gasteiger partial charge in [0.2, 0.25) is 6.79 Å². The number of nitriles is 1. The van der Waals surface area contributed by atoms with E-state index in [2.05, 4.69) is 16.3 Å². The average molecular weight is 350 g/mol.